The molecule has 5 nitrogen and oxygen atoms in total. The summed E-state index contributed by atoms with van der Waals surface area (Å²) in [4.78, 5) is 24.1. The van der Waals surface area contributed by atoms with Gasteiger partial charge in [0.15, 0.2) is 0 Å². The Balaban J connectivity index is 1.24. The number of alkyl halides is 3. The molecule has 0 bridgehead atoms. The van der Waals surface area contributed by atoms with Gasteiger partial charge in [0.25, 0.3) is 0 Å². The van der Waals surface area contributed by atoms with Gasteiger partial charge in [-0.15, -0.1) is 0 Å². The molecule has 0 atom stereocenters. The number of H-pyrrole nitrogens is 1. The standard InChI is InChI=1S/C27H24F4N4O/c28-20-8-5-18(6-9-20)26-22(21-3-1-2-4-23(21)33-26)10-12-25(36)35-15-13-34(14-16-35)24-11-7-19(17-32-24)27(29,30)31/h1-9,11,17,33H,10,12-16H2. The van der Waals surface area contributed by atoms with Crippen LogP contribution in [0.1, 0.15) is 17.5 Å². The molecule has 2 aromatic heterocycles. The van der Waals surface area contributed by atoms with Gasteiger partial charge in [-0.25, -0.2) is 9.37 Å². The summed E-state index contributed by atoms with van der Waals surface area (Å²) in [5.41, 5.74) is 2.92. The van der Waals surface area contributed by atoms with E-state index in [0.29, 0.717) is 44.8 Å². The van der Waals surface area contributed by atoms with Gasteiger partial charge >= 0.3 is 6.18 Å². The molecule has 4 aromatic rings. The number of carbonyl (C=O) groups excluding carboxylic acids is 1. The van der Waals surface area contributed by atoms with Crippen molar-refractivity contribution in [1.82, 2.24) is 14.9 Å². The van der Waals surface area contributed by atoms with Crippen LogP contribution in [0.3, 0.4) is 0 Å². The van der Waals surface area contributed by atoms with Gasteiger partial charge in [0.2, 0.25) is 5.91 Å². The van der Waals surface area contributed by atoms with Crippen molar-refractivity contribution < 1.29 is 22.4 Å². The zero-order chi connectivity index (χ0) is 25.3. The summed E-state index contributed by atoms with van der Waals surface area (Å²) >= 11 is 0. The number of amides is 1. The predicted octanol–water partition coefficient (Wildman–Crippen LogP) is 5.67. The number of halogens is 4. The molecule has 2 aromatic carbocycles. The number of nitrogens with zero attached hydrogens (tertiary/aromatic N) is 3. The lowest BCUT2D eigenvalue weighted by Gasteiger charge is -2.35. The van der Waals surface area contributed by atoms with Crippen LogP contribution >= 0.6 is 0 Å². The van der Waals surface area contributed by atoms with Gasteiger partial charge in [-0.2, -0.15) is 13.2 Å². The first-order valence-corrected chi connectivity index (χ1v) is 11.7. The molecule has 1 aliphatic heterocycles. The lowest BCUT2D eigenvalue weighted by atomic mass is 10.0. The third-order valence-electron chi connectivity index (χ3n) is 6.57. The maximum atomic E-state index is 13.5. The summed E-state index contributed by atoms with van der Waals surface area (Å²) in [5, 5.41) is 1.03. The Kier molecular flexibility index (Phi) is 6.38. The molecule has 186 valence electrons. The molecule has 1 saturated heterocycles. The number of hydrogen-bond donors (Lipinski definition) is 1. The summed E-state index contributed by atoms with van der Waals surface area (Å²) in [6.45, 7) is 1.94. The topological polar surface area (TPSA) is 52.2 Å². The number of piperazine rings is 1. The molecule has 1 aliphatic rings. The number of carbonyl (C=O) groups is 1. The van der Waals surface area contributed by atoms with E-state index in [4.69, 9.17) is 0 Å². The molecular formula is C27H24F4N4O. The fraction of sp³-hybridized carbons (Fsp3) is 0.259. The van der Waals surface area contributed by atoms with E-state index >= 15 is 0 Å². The summed E-state index contributed by atoms with van der Waals surface area (Å²) in [5.74, 6) is 0.181. The average molecular weight is 497 g/mol. The summed E-state index contributed by atoms with van der Waals surface area (Å²) in [6.07, 6.45) is -2.74. The maximum absolute atomic E-state index is 13.5. The normalized spacial score (nSPS) is 14.4. The minimum atomic E-state index is -4.42. The summed E-state index contributed by atoms with van der Waals surface area (Å²) in [6, 6.07) is 16.5. The number of aromatic amines is 1. The molecule has 9 heteroatoms. The predicted molar refractivity (Wildman–Crippen MR) is 130 cm³/mol. The van der Waals surface area contributed by atoms with Gasteiger partial charge in [-0.3, -0.25) is 4.79 Å². The van der Waals surface area contributed by atoms with E-state index < -0.39 is 11.7 Å². The Bertz CT molecular complexity index is 1360. The second kappa shape index (κ2) is 9.64. The van der Waals surface area contributed by atoms with Crippen LogP contribution in [0.25, 0.3) is 22.2 Å². The van der Waals surface area contributed by atoms with Crippen LogP contribution in [0, 0.1) is 5.82 Å². The lowest BCUT2D eigenvalue weighted by molar-refractivity contribution is -0.137. The van der Waals surface area contributed by atoms with Gasteiger partial charge in [-0.1, -0.05) is 18.2 Å². The zero-order valence-corrected chi connectivity index (χ0v) is 19.4. The molecule has 0 unspecified atom stereocenters. The molecule has 0 radical (unpaired) electrons. The highest BCUT2D eigenvalue weighted by Gasteiger charge is 2.31. The Labute approximate surface area is 205 Å². The summed E-state index contributed by atoms with van der Waals surface area (Å²) in [7, 11) is 0. The molecule has 5 rings (SSSR count). The van der Waals surface area contributed by atoms with Crippen molar-refractivity contribution in [2.75, 3.05) is 31.1 Å². The fourth-order valence-electron chi connectivity index (χ4n) is 4.64. The average Bonchev–Trinajstić information content (AvgIpc) is 3.26. The van der Waals surface area contributed by atoms with Gasteiger partial charge in [0, 0.05) is 55.4 Å². The third kappa shape index (κ3) is 4.91. The van der Waals surface area contributed by atoms with Crippen LogP contribution in [0.4, 0.5) is 23.4 Å². The highest BCUT2D eigenvalue weighted by atomic mass is 19.4. The molecule has 1 N–H and O–H groups in total. The monoisotopic (exact) mass is 496 g/mol. The molecule has 0 aliphatic carbocycles. The number of para-hydroxylation sites is 1. The van der Waals surface area contributed by atoms with Crippen LogP contribution in [0.15, 0.2) is 66.9 Å². The molecule has 1 fully saturated rings. The van der Waals surface area contributed by atoms with Crippen LogP contribution in [-0.4, -0.2) is 47.0 Å². The minimum absolute atomic E-state index is 0.0189. The lowest BCUT2D eigenvalue weighted by Crippen LogP contribution is -2.49. The SMILES string of the molecule is O=C(CCc1c(-c2ccc(F)cc2)[nH]c2ccccc12)N1CCN(c2ccc(C(F)(F)F)cn2)CC1. The molecular weight excluding hydrogens is 472 g/mol. The first kappa shape index (κ1) is 23.8. The molecule has 0 saturated carbocycles. The highest BCUT2D eigenvalue weighted by molar-refractivity contribution is 5.91. The van der Waals surface area contributed by atoms with Crippen LogP contribution in [-0.2, 0) is 17.4 Å². The van der Waals surface area contributed by atoms with Gasteiger partial charge < -0.3 is 14.8 Å². The quantitative estimate of drug-likeness (QED) is 0.363. The van der Waals surface area contributed by atoms with Crippen LogP contribution < -0.4 is 4.90 Å². The van der Waals surface area contributed by atoms with Crippen LogP contribution in [0.2, 0.25) is 0 Å². The van der Waals surface area contributed by atoms with Crippen molar-refractivity contribution >= 4 is 22.6 Å². The summed E-state index contributed by atoms with van der Waals surface area (Å²) < 4.78 is 51.8. The third-order valence-corrected chi connectivity index (χ3v) is 6.57. The van der Waals surface area contributed by atoms with E-state index in [-0.39, 0.29) is 11.7 Å². The number of aromatic nitrogens is 2. The number of rotatable bonds is 5. The minimum Gasteiger partial charge on any atom is -0.354 e. The van der Waals surface area contributed by atoms with Crippen LogP contribution in [0.5, 0.6) is 0 Å². The number of benzene rings is 2. The van der Waals surface area contributed by atoms with Crippen molar-refractivity contribution in [2.45, 2.75) is 19.0 Å². The Hall–Kier alpha value is -3.88. The molecule has 0 spiro atoms. The van der Waals surface area contributed by atoms with Gasteiger partial charge in [-0.05, 0) is 60.0 Å². The number of hydrogen-bond acceptors (Lipinski definition) is 3. The zero-order valence-electron chi connectivity index (χ0n) is 19.4. The smallest absolute Gasteiger partial charge is 0.354 e. The van der Waals surface area contributed by atoms with Crippen molar-refractivity contribution in [3.63, 3.8) is 0 Å². The number of nitrogens with one attached hydrogen (secondary N) is 1. The van der Waals surface area contributed by atoms with E-state index in [1.54, 1.807) is 17.0 Å². The van der Waals surface area contributed by atoms with Crippen molar-refractivity contribution in [1.29, 1.82) is 0 Å². The van der Waals surface area contributed by atoms with E-state index in [2.05, 4.69) is 9.97 Å². The Morgan fingerprint density at radius 3 is 2.33 bits per heavy atom. The van der Waals surface area contributed by atoms with Gasteiger partial charge in [0.1, 0.15) is 11.6 Å². The van der Waals surface area contributed by atoms with E-state index in [1.165, 1.54) is 18.2 Å². The van der Waals surface area contributed by atoms with Crippen molar-refractivity contribution in [3.8, 4) is 11.3 Å². The number of fused-ring (bicyclic) bond motifs is 1. The maximum Gasteiger partial charge on any atom is 0.417 e. The van der Waals surface area contributed by atoms with Crippen molar-refractivity contribution in [2.24, 2.45) is 0 Å². The second-order valence-corrected chi connectivity index (χ2v) is 8.80. The van der Waals surface area contributed by atoms with E-state index in [9.17, 15) is 22.4 Å². The van der Waals surface area contributed by atoms with Gasteiger partial charge in [0.05, 0.1) is 5.56 Å². The molecule has 36 heavy (non-hydrogen) atoms. The molecule has 1 amide bonds. The second-order valence-electron chi connectivity index (χ2n) is 8.80. The number of anilines is 1. The van der Waals surface area contributed by atoms with E-state index in [1.807, 2.05) is 29.2 Å². The fourth-order valence-corrected chi connectivity index (χ4v) is 4.64. The first-order valence-electron chi connectivity index (χ1n) is 11.7. The number of aryl methyl sites for hydroxylation is 1. The largest absolute Gasteiger partial charge is 0.417 e. The number of pyridine rings is 1. The van der Waals surface area contributed by atoms with E-state index in [0.717, 1.165) is 40.0 Å². The van der Waals surface area contributed by atoms with Crippen molar-refractivity contribution in [3.05, 3.63) is 83.8 Å². The first-order chi connectivity index (χ1) is 17.3. The Morgan fingerprint density at radius 2 is 1.67 bits per heavy atom. The highest BCUT2D eigenvalue weighted by Crippen LogP contribution is 2.32. The Morgan fingerprint density at radius 1 is 0.944 bits per heavy atom. The molecule has 3 heterocycles.